The van der Waals surface area contributed by atoms with Crippen molar-refractivity contribution in [2.24, 2.45) is 5.73 Å². The summed E-state index contributed by atoms with van der Waals surface area (Å²) < 4.78 is 7.03. The average Bonchev–Trinajstić information content (AvgIpc) is 2.78. The van der Waals surface area contributed by atoms with E-state index in [1.807, 2.05) is 36.4 Å². The molecule has 0 saturated heterocycles. The molecule has 1 aromatic heterocycles. The smallest absolute Gasteiger partial charge is 0.316 e. The molecule has 4 aromatic rings. The summed E-state index contributed by atoms with van der Waals surface area (Å²) in [6.45, 7) is 0.482. The Bertz CT molecular complexity index is 1240. The molecule has 0 saturated carbocycles. The molecule has 4 N–H and O–H groups in total. The van der Waals surface area contributed by atoms with Crippen molar-refractivity contribution in [3.63, 3.8) is 0 Å². The van der Waals surface area contributed by atoms with Crippen LogP contribution in [0, 0.1) is 0 Å². The lowest BCUT2D eigenvalue weighted by molar-refractivity contribution is 0.470. The normalized spacial score (nSPS) is 10.7. The van der Waals surface area contributed by atoms with Crippen LogP contribution in [0.5, 0.6) is 11.5 Å². The van der Waals surface area contributed by atoms with Gasteiger partial charge in [0, 0.05) is 11.6 Å². The molecule has 30 heavy (non-hydrogen) atoms. The number of nitrogen functional groups attached to an aromatic ring is 1. The topological polar surface area (TPSA) is 96.2 Å². The first-order valence-corrected chi connectivity index (χ1v) is 9.64. The molecule has 4 rings (SSSR count). The van der Waals surface area contributed by atoms with Crippen molar-refractivity contribution in [1.29, 1.82) is 0 Å². The maximum atomic E-state index is 12.9. The van der Waals surface area contributed by atoms with Gasteiger partial charge in [-0.3, -0.25) is 4.79 Å². The lowest BCUT2D eigenvalue weighted by Crippen LogP contribution is -2.23. The highest BCUT2D eigenvalue weighted by Gasteiger charge is 2.13. The summed E-state index contributed by atoms with van der Waals surface area (Å²) in [5, 5.41) is 4.66. The molecule has 0 amide bonds. The van der Waals surface area contributed by atoms with E-state index in [-0.39, 0.29) is 11.4 Å². The molecule has 0 aliphatic rings. The molecule has 1 heterocycles. The van der Waals surface area contributed by atoms with E-state index >= 15 is 0 Å². The van der Waals surface area contributed by atoms with Crippen LogP contribution >= 0.6 is 11.6 Å². The van der Waals surface area contributed by atoms with E-state index in [0.29, 0.717) is 23.0 Å². The summed E-state index contributed by atoms with van der Waals surface area (Å²) in [6.07, 6.45) is 1.39. The van der Waals surface area contributed by atoms with Gasteiger partial charge in [-0.05, 0) is 59.2 Å². The lowest BCUT2D eigenvalue weighted by Gasteiger charge is -2.11. The van der Waals surface area contributed by atoms with Crippen LogP contribution in [-0.4, -0.2) is 9.78 Å². The van der Waals surface area contributed by atoms with Crippen LogP contribution in [0.15, 0.2) is 83.8 Å². The average molecular weight is 419 g/mol. The van der Waals surface area contributed by atoms with Crippen molar-refractivity contribution in [3.8, 4) is 28.3 Å². The zero-order valence-corrected chi connectivity index (χ0v) is 16.7. The fourth-order valence-electron chi connectivity index (χ4n) is 3.03. The van der Waals surface area contributed by atoms with Gasteiger partial charge in [0.25, 0.3) is 0 Å². The number of ether oxygens (including phenoxy) is 1. The van der Waals surface area contributed by atoms with Crippen molar-refractivity contribution in [3.05, 3.63) is 99.9 Å². The molecule has 7 heteroatoms. The monoisotopic (exact) mass is 418 g/mol. The number of anilines is 1. The van der Waals surface area contributed by atoms with Crippen molar-refractivity contribution < 1.29 is 4.74 Å². The van der Waals surface area contributed by atoms with Crippen LogP contribution in [0.2, 0.25) is 5.02 Å². The summed E-state index contributed by atoms with van der Waals surface area (Å²) in [6, 6.07) is 22.2. The van der Waals surface area contributed by atoms with E-state index in [2.05, 4.69) is 5.10 Å². The van der Waals surface area contributed by atoms with Gasteiger partial charge in [-0.25, -0.2) is 0 Å². The number of nitrogens with two attached hydrogens (primary N) is 2. The Morgan fingerprint density at radius 3 is 2.40 bits per heavy atom. The third kappa shape index (κ3) is 4.05. The van der Waals surface area contributed by atoms with Crippen molar-refractivity contribution in [2.45, 2.75) is 6.54 Å². The van der Waals surface area contributed by atoms with Gasteiger partial charge in [0.2, 0.25) is 5.75 Å². The Kier molecular flexibility index (Phi) is 5.52. The molecule has 0 spiro atoms. The van der Waals surface area contributed by atoms with Gasteiger partial charge in [-0.2, -0.15) is 9.78 Å². The maximum Gasteiger partial charge on any atom is 0.316 e. The van der Waals surface area contributed by atoms with Gasteiger partial charge >= 0.3 is 5.56 Å². The number of hydrogen-bond donors (Lipinski definition) is 2. The van der Waals surface area contributed by atoms with Crippen LogP contribution in [0.4, 0.5) is 5.69 Å². The Morgan fingerprint density at radius 1 is 0.967 bits per heavy atom. The molecule has 0 atom stereocenters. The van der Waals surface area contributed by atoms with Crippen molar-refractivity contribution in [1.82, 2.24) is 9.78 Å². The van der Waals surface area contributed by atoms with Crippen LogP contribution in [0.3, 0.4) is 0 Å². The lowest BCUT2D eigenvalue weighted by atomic mass is 10.0. The minimum absolute atomic E-state index is 0.0119. The second-order valence-electron chi connectivity index (χ2n) is 6.65. The molecule has 150 valence electrons. The predicted octanol–water partition coefficient (Wildman–Crippen LogP) is 4.39. The highest BCUT2D eigenvalue weighted by atomic mass is 35.5. The van der Waals surface area contributed by atoms with Crippen LogP contribution in [-0.2, 0) is 6.54 Å². The fourth-order valence-corrected chi connectivity index (χ4v) is 3.16. The molecular formula is C23H19ClN4O2. The second-order valence-corrected chi connectivity index (χ2v) is 7.09. The van der Waals surface area contributed by atoms with E-state index in [0.717, 1.165) is 16.7 Å². The maximum absolute atomic E-state index is 12.9. The molecular weight excluding hydrogens is 400 g/mol. The number of halogens is 1. The van der Waals surface area contributed by atoms with E-state index in [9.17, 15) is 4.79 Å². The zero-order chi connectivity index (χ0) is 21.1. The fraction of sp³-hybridized carbons (Fsp3) is 0.0435. The third-order valence-corrected chi connectivity index (χ3v) is 4.85. The third-order valence-electron chi connectivity index (χ3n) is 4.60. The molecule has 0 fully saturated rings. The molecule has 0 aliphatic heterocycles. The summed E-state index contributed by atoms with van der Waals surface area (Å²) >= 11 is 5.92. The first-order valence-electron chi connectivity index (χ1n) is 9.26. The summed E-state index contributed by atoms with van der Waals surface area (Å²) in [7, 11) is 0. The van der Waals surface area contributed by atoms with Crippen molar-refractivity contribution in [2.75, 3.05) is 5.73 Å². The summed E-state index contributed by atoms with van der Waals surface area (Å²) in [4.78, 5) is 12.9. The largest absolute Gasteiger partial charge is 0.449 e. The minimum atomic E-state index is -0.461. The zero-order valence-electron chi connectivity index (χ0n) is 16.0. The highest BCUT2D eigenvalue weighted by molar-refractivity contribution is 6.30. The van der Waals surface area contributed by atoms with E-state index < -0.39 is 5.56 Å². The van der Waals surface area contributed by atoms with Gasteiger partial charge in [0.05, 0.1) is 11.9 Å². The molecule has 0 bridgehead atoms. The standard InChI is InChI=1S/C23H19ClN4O2/c24-18-6-8-19(9-7-18)28-23(29)22(21(26)14-27-28)30-20-10-4-16(5-11-20)17-3-1-2-15(12-17)13-25/h1-12,14H,13,25-26H2. The summed E-state index contributed by atoms with van der Waals surface area (Å²) in [5.41, 5.74) is 15.1. The van der Waals surface area contributed by atoms with Gasteiger partial charge in [-0.1, -0.05) is 41.9 Å². The van der Waals surface area contributed by atoms with E-state index in [1.54, 1.807) is 36.4 Å². The molecule has 0 unspecified atom stereocenters. The van der Waals surface area contributed by atoms with Gasteiger partial charge < -0.3 is 16.2 Å². The van der Waals surface area contributed by atoms with E-state index in [4.69, 9.17) is 27.8 Å². The number of aromatic nitrogens is 2. The van der Waals surface area contributed by atoms with Crippen molar-refractivity contribution >= 4 is 17.3 Å². The molecule has 6 nitrogen and oxygen atoms in total. The Balaban J connectivity index is 1.63. The van der Waals surface area contributed by atoms with Gasteiger partial charge in [0.15, 0.2) is 0 Å². The van der Waals surface area contributed by atoms with Crippen LogP contribution in [0.25, 0.3) is 16.8 Å². The Hall–Kier alpha value is -3.61. The first kappa shape index (κ1) is 19.7. The number of benzene rings is 3. The van der Waals surface area contributed by atoms with Crippen LogP contribution in [0.1, 0.15) is 5.56 Å². The number of hydrogen-bond acceptors (Lipinski definition) is 5. The second kappa shape index (κ2) is 8.41. The Morgan fingerprint density at radius 2 is 1.70 bits per heavy atom. The molecule has 0 radical (unpaired) electrons. The van der Waals surface area contributed by atoms with Gasteiger partial charge in [-0.15, -0.1) is 0 Å². The van der Waals surface area contributed by atoms with Gasteiger partial charge in [0.1, 0.15) is 11.4 Å². The predicted molar refractivity (Wildman–Crippen MR) is 119 cm³/mol. The number of nitrogens with zero attached hydrogens (tertiary/aromatic N) is 2. The quantitative estimate of drug-likeness (QED) is 0.501. The number of rotatable bonds is 5. The minimum Gasteiger partial charge on any atom is -0.449 e. The highest BCUT2D eigenvalue weighted by Crippen LogP contribution is 2.27. The first-order chi connectivity index (χ1) is 14.5. The summed E-state index contributed by atoms with van der Waals surface area (Å²) in [5.74, 6) is 0.504. The van der Waals surface area contributed by atoms with E-state index in [1.165, 1.54) is 10.9 Å². The SMILES string of the molecule is NCc1cccc(-c2ccc(Oc3c(N)cnn(-c4ccc(Cl)cc4)c3=O)cc2)c1. The van der Waals surface area contributed by atoms with Crippen LogP contribution < -0.4 is 21.8 Å². The molecule has 3 aromatic carbocycles. The molecule has 0 aliphatic carbocycles. The Labute approximate surface area is 178 Å².